The van der Waals surface area contributed by atoms with Crippen LogP contribution in [-0.2, 0) is 4.79 Å². The second-order valence-electron chi connectivity index (χ2n) is 6.09. The number of nitrogens with one attached hydrogen (secondary N) is 2. The van der Waals surface area contributed by atoms with Crippen LogP contribution in [0.2, 0.25) is 0 Å². The zero-order valence-corrected chi connectivity index (χ0v) is 15.1. The van der Waals surface area contributed by atoms with Crippen molar-refractivity contribution in [3.8, 4) is 0 Å². The number of amides is 2. The molecule has 0 aliphatic carbocycles. The Balaban J connectivity index is 1.99. The predicted octanol–water partition coefficient (Wildman–Crippen LogP) is 1.86. The highest BCUT2D eigenvalue weighted by Gasteiger charge is 2.27. The van der Waals surface area contributed by atoms with Crippen molar-refractivity contribution in [1.82, 2.24) is 25.4 Å². The first-order valence-corrected chi connectivity index (χ1v) is 8.77. The number of rotatable bonds is 7. The molecule has 0 aliphatic heterocycles. The van der Waals surface area contributed by atoms with E-state index in [1.54, 1.807) is 17.1 Å². The molecule has 2 aromatic heterocycles. The largest absolute Gasteiger partial charge is 0.350 e. The first kappa shape index (κ1) is 18.1. The lowest BCUT2D eigenvalue weighted by atomic mass is 10.0. The molecule has 0 saturated carbocycles. The van der Waals surface area contributed by atoms with Crippen molar-refractivity contribution >= 4 is 23.2 Å². The fraction of sp³-hybridized carbons (Fsp3) is 0.500. The average molecular weight is 349 g/mol. The van der Waals surface area contributed by atoms with E-state index in [2.05, 4.69) is 20.7 Å². The average Bonchev–Trinajstić information content (AvgIpc) is 3.23. The maximum Gasteiger partial charge on any atom is 0.262 e. The second-order valence-corrected chi connectivity index (χ2v) is 7.03. The van der Waals surface area contributed by atoms with Crippen molar-refractivity contribution in [1.29, 1.82) is 0 Å². The molecule has 2 rings (SSSR count). The minimum atomic E-state index is -0.593. The van der Waals surface area contributed by atoms with Crippen LogP contribution in [-0.4, -0.2) is 38.7 Å². The summed E-state index contributed by atoms with van der Waals surface area (Å²) in [6.07, 6.45) is 3.08. The number of carbonyl (C=O) groups is 2. The molecule has 0 radical (unpaired) electrons. The smallest absolute Gasteiger partial charge is 0.262 e. The van der Waals surface area contributed by atoms with E-state index in [-0.39, 0.29) is 29.8 Å². The van der Waals surface area contributed by atoms with Gasteiger partial charge in [-0.2, -0.15) is 5.10 Å². The molecule has 7 nitrogen and oxygen atoms in total. The summed E-state index contributed by atoms with van der Waals surface area (Å²) >= 11 is 1.35. The van der Waals surface area contributed by atoms with Crippen LogP contribution in [0.1, 0.15) is 43.4 Å². The lowest BCUT2D eigenvalue weighted by Gasteiger charge is -2.26. The van der Waals surface area contributed by atoms with Gasteiger partial charge in [-0.15, -0.1) is 11.3 Å². The molecule has 0 unspecified atom stereocenters. The normalized spacial score (nSPS) is 14.9. The minimum absolute atomic E-state index is 0.0252. The van der Waals surface area contributed by atoms with E-state index in [0.717, 1.165) is 0 Å². The van der Waals surface area contributed by atoms with E-state index in [9.17, 15) is 9.59 Å². The molecule has 0 saturated heterocycles. The van der Waals surface area contributed by atoms with Crippen LogP contribution in [0.25, 0.3) is 0 Å². The Morgan fingerprint density at radius 3 is 2.50 bits per heavy atom. The van der Waals surface area contributed by atoms with E-state index in [1.165, 1.54) is 17.7 Å². The van der Waals surface area contributed by atoms with Gasteiger partial charge in [0.2, 0.25) is 5.91 Å². The van der Waals surface area contributed by atoms with Crippen molar-refractivity contribution in [3.63, 3.8) is 0 Å². The Hall–Kier alpha value is -2.22. The van der Waals surface area contributed by atoms with Crippen LogP contribution < -0.4 is 10.6 Å². The van der Waals surface area contributed by atoms with Gasteiger partial charge in [0.1, 0.15) is 18.7 Å². The topological polar surface area (TPSA) is 88.9 Å². The molecule has 0 fully saturated rings. The van der Waals surface area contributed by atoms with Crippen LogP contribution in [0.5, 0.6) is 0 Å². The summed E-state index contributed by atoms with van der Waals surface area (Å²) < 4.78 is 1.69. The van der Waals surface area contributed by atoms with Crippen molar-refractivity contribution in [2.75, 3.05) is 0 Å². The summed E-state index contributed by atoms with van der Waals surface area (Å²) in [5, 5.41) is 11.7. The summed E-state index contributed by atoms with van der Waals surface area (Å²) in [5.41, 5.74) is 0. The van der Waals surface area contributed by atoms with Crippen molar-refractivity contribution in [2.45, 2.75) is 45.8 Å². The van der Waals surface area contributed by atoms with Gasteiger partial charge in [0.15, 0.2) is 0 Å². The minimum Gasteiger partial charge on any atom is -0.350 e. The number of hydrogen-bond acceptors (Lipinski definition) is 5. The maximum atomic E-state index is 12.6. The van der Waals surface area contributed by atoms with Gasteiger partial charge >= 0.3 is 0 Å². The summed E-state index contributed by atoms with van der Waals surface area (Å²) in [4.78, 5) is 29.3. The first-order chi connectivity index (χ1) is 11.4. The fourth-order valence-electron chi connectivity index (χ4n) is 2.25. The van der Waals surface area contributed by atoms with Crippen LogP contribution in [0, 0.1) is 5.92 Å². The van der Waals surface area contributed by atoms with E-state index in [1.807, 2.05) is 39.1 Å². The molecule has 0 bridgehead atoms. The summed E-state index contributed by atoms with van der Waals surface area (Å²) in [6.45, 7) is 7.67. The molecule has 130 valence electrons. The molecule has 0 aromatic carbocycles. The third kappa shape index (κ3) is 4.41. The Bertz CT molecular complexity index is 654. The summed E-state index contributed by atoms with van der Waals surface area (Å²) in [7, 11) is 0. The van der Waals surface area contributed by atoms with Crippen molar-refractivity contribution < 1.29 is 9.59 Å². The van der Waals surface area contributed by atoms with Crippen molar-refractivity contribution in [2.24, 2.45) is 5.92 Å². The van der Waals surface area contributed by atoms with E-state index in [4.69, 9.17) is 0 Å². The van der Waals surface area contributed by atoms with Gasteiger partial charge in [0.25, 0.3) is 5.91 Å². The first-order valence-electron chi connectivity index (χ1n) is 7.89. The van der Waals surface area contributed by atoms with Crippen LogP contribution >= 0.6 is 11.3 Å². The molecule has 2 aromatic rings. The van der Waals surface area contributed by atoms with E-state index < -0.39 is 6.04 Å². The Morgan fingerprint density at radius 2 is 1.96 bits per heavy atom. The zero-order valence-electron chi connectivity index (χ0n) is 14.3. The number of carbonyl (C=O) groups excluding carboxylic acids is 2. The van der Waals surface area contributed by atoms with Gasteiger partial charge in [0, 0.05) is 6.04 Å². The molecule has 2 heterocycles. The highest BCUT2D eigenvalue weighted by atomic mass is 32.1. The molecule has 2 amide bonds. The molecule has 0 aliphatic rings. The van der Waals surface area contributed by atoms with Crippen LogP contribution in [0.15, 0.2) is 30.2 Å². The van der Waals surface area contributed by atoms with Crippen LogP contribution in [0.3, 0.4) is 0 Å². The van der Waals surface area contributed by atoms with Crippen LogP contribution in [0.4, 0.5) is 0 Å². The fourth-order valence-corrected chi connectivity index (χ4v) is 2.87. The maximum absolute atomic E-state index is 12.6. The Labute approximate surface area is 145 Å². The third-order valence-electron chi connectivity index (χ3n) is 3.93. The molecule has 24 heavy (non-hydrogen) atoms. The van der Waals surface area contributed by atoms with Gasteiger partial charge in [-0.3, -0.25) is 9.59 Å². The Kier molecular flexibility index (Phi) is 6.08. The summed E-state index contributed by atoms with van der Waals surface area (Å²) in [6, 6.07) is 2.76. The number of thiophene rings is 1. The van der Waals surface area contributed by atoms with Gasteiger partial charge < -0.3 is 10.6 Å². The molecular formula is C16H23N5O2S. The van der Waals surface area contributed by atoms with Gasteiger partial charge in [-0.1, -0.05) is 19.9 Å². The molecular weight excluding hydrogens is 326 g/mol. The SMILES string of the molecule is CC(C)[C@H](NC(=O)c1cccs1)C(=O)N[C@H](C)[C@H](C)n1cncn1. The standard InChI is InChI=1S/C16H23N5O2S/c1-10(2)14(20-15(22)13-6-5-7-24-13)16(23)19-11(3)12(4)21-9-17-8-18-21/h5-12,14H,1-4H3,(H,19,23)(H,20,22)/t11-,12+,14+/m1/s1. The predicted molar refractivity (Wildman–Crippen MR) is 92.7 cm³/mol. The summed E-state index contributed by atoms with van der Waals surface area (Å²) in [5.74, 6) is -0.451. The molecule has 3 atom stereocenters. The molecule has 0 spiro atoms. The second kappa shape index (κ2) is 8.05. The van der Waals surface area contributed by atoms with Gasteiger partial charge in [-0.05, 0) is 31.2 Å². The lowest BCUT2D eigenvalue weighted by Crippen LogP contribution is -2.52. The lowest BCUT2D eigenvalue weighted by molar-refractivity contribution is -0.124. The highest BCUT2D eigenvalue weighted by molar-refractivity contribution is 7.12. The van der Waals surface area contributed by atoms with E-state index in [0.29, 0.717) is 4.88 Å². The quantitative estimate of drug-likeness (QED) is 0.798. The zero-order chi connectivity index (χ0) is 17.7. The highest BCUT2D eigenvalue weighted by Crippen LogP contribution is 2.12. The number of aromatic nitrogens is 3. The Morgan fingerprint density at radius 1 is 1.21 bits per heavy atom. The van der Waals surface area contributed by atoms with Gasteiger partial charge in [0.05, 0.1) is 10.9 Å². The molecule has 8 heteroatoms. The van der Waals surface area contributed by atoms with Gasteiger partial charge in [-0.25, -0.2) is 9.67 Å². The van der Waals surface area contributed by atoms with Crippen molar-refractivity contribution in [3.05, 3.63) is 35.0 Å². The van der Waals surface area contributed by atoms with E-state index >= 15 is 0 Å². The number of hydrogen-bond donors (Lipinski definition) is 2. The number of nitrogens with zero attached hydrogens (tertiary/aromatic N) is 3. The molecule has 2 N–H and O–H groups in total. The monoisotopic (exact) mass is 349 g/mol. The third-order valence-corrected chi connectivity index (χ3v) is 4.80.